The van der Waals surface area contributed by atoms with Crippen molar-refractivity contribution in [1.82, 2.24) is 9.80 Å². The Kier molecular flexibility index (Phi) is 12.7. The molecule has 0 spiro atoms. The lowest BCUT2D eigenvalue weighted by Crippen LogP contribution is -2.37. The Morgan fingerprint density at radius 3 is 1.60 bits per heavy atom. The maximum atomic E-state index is 12.3. The van der Waals surface area contributed by atoms with Gasteiger partial charge in [0.05, 0.1) is 0 Å². The van der Waals surface area contributed by atoms with Crippen LogP contribution in [0, 0.1) is 47.3 Å². The number of carbonyl (C=O) groups is 6. The topological polar surface area (TPSA) is 109 Å². The maximum Gasteiger partial charge on any atom is 0.233 e. The molecule has 2 saturated heterocycles. The predicted octanol–water partition coefficient (Wildman–Crippen LogP) is 5.07. The van der Waals surface area contributed by atoms with Gasteiger partial charge in [0.25, 0.3) is 0 Å². The SMILES string of the molecule is CC(C)C(=O)C1CCC(CN2C(=O)CC(C(C)C)C2=O)CC1.CC(C)C(=O)CCCN1C(=O)CC(C(C)C)C1=O. The summed E-state index contributed by atoms with van der Waals surface area (Å²) >= 11 is 0. The van der Waals surface area contributed by atoms with Crippen LogP contribution in [0.5, 0.6) is 0 Å². The number of nitrogens with zero attached hydrogens (tertiary/aromatic N) is 2. The fourth-order valence-electron chi connectivity index (χ4n) is 5.95. The standard InChI is InChI=1S/C18H29NO3.C14H23NO3/c1-11(2)15-9-16(20)19(18(15)22)10-13-5-7-14(8-6-13)17(21)12(3)4;1-9(2)11-8-13(17)15(14(11)18)7-5-6-12(16)10(3)4/h11-15H,5-10H2,1-4H3;9-11H,5-8H2,1-4H3. The van der Waals surface area contributed by atoms with E-state index < -0.39 is 0 Å². The molecule has 2 heterocycles. The van der Waals surface area contributed by atoms with Crippen LogP contribution in [0.2, 0.25) is 0 Å². The Morgan fingerprint density at radius 2 is 1.18 bits per heavy atom. The van der Waals surface area contributed by atoms with Gasteiger partial charge >= 0.3 is 0 Å². The van der Waals surface area contributed by atoms with Crippen molar-refractivity contribution >= 4 is 35.2 Å². The molecule has 0 aromatic heterocycles. The minimum absolute atomic E-state index is 0.0101. The molecule has 0 bridgehead atoms. The average molecular weight is 561 g/mol. The van der Waals surface area contributed by atoms with Gasteiger partial charge < -0.3 is 0 Å². The third-order valence-electron chi connectivity index (χ3n) is 8.87. The Morgan fingerprint density at radius 1 is 0.700 bits per heavy atom. The summed E-state index contributed by atoms with van der Waals surface area (Å²) in [5, 5.41) is 0. The Labute approximate surface area is 241 Å². The highest BCUT2D eigenvalue weighted by Gasteiger charge is 2.42. The minimum atomic E-state index is -0.168. The van der Waals surface area contributed by atoms with Gasteiger partial charge in [0.1, 0.15) is 11.6 Å². The number of ketones is 2. The molecule has 226 valence electrons. The highest BCUT2D eigenvalue weighted by Crippen LogP contribution is 2.34. The molecule has 3 rings (SSSR count). The van der Waals surface area contributed by atoms with Gasteiger partial charge in [-0.1, -0.05) is 55.4 Å². The van der Waals surface area contributed by atoms with Crippen molar-refractivity contribution in [2.24, 2.45) is 47.3 Å². The zero-order valence-corrected chi connectivity index (χ0v) is 26.0. The number of imide groups is 2. The molecule has 4 amide bonds. The average Bonchev–Trinajstić information content (AvgIpc) is 3.34. The molecule has 8 heteroatoms. The second kappa shape index (κ2) is 15.0. The van der Waals surface area contributed by atoms with Crippen LogP contribution in [0.1, 0.15) is 107 Å². The first-order valence-electron chi connectivity index (χ1n) is 15.4. The molecule has 3 fully saturated rings. The van der Waals surface area contributed by atoms with Gasteiger partial charge in [-0.3, -0.25) is 38.6 Å². The quantitative estimate of drug-likeness (QED) is 0.326. The lowest BCUT2D eigenvalue weighted by molar-refractivity contribution is -0.142. The van der Waals surface area contributed by atoms with Crippen molar-refractivity contribution in [2.75, 3.05) is 13.1 Å². The van der Waals surface area contributed by atoms with Crippen molar-refractivity contribution in [3.63, 3.8) is 0 Å². The van der Waals surface area contributed by atoms with E-state index in [1.807, 2.05) is 55.4 Å². The molecular formula is C32H52N2O6. The van der Waals surface area contributed by atoms with E-state index in [0.29, 0.717) is 50.5 Å². The molecule has 2 unspecified atom stereocenters. The number of likely N-dealkylation sites (tertiary alicyclic amines) is 2. The van der Waals surface area contributed by atoms with E-state index in [9.17, 15) is 28.8 Å². The molecule has 1 saturated carbocycles. The summed E-state index contributed by atoms with van der Waals surface area (Å²) in [5.74, 6) is 1.22. The summed E-state index contributed by atoms with van der Waals surface area (Å²) in [6.07, 6.45) is 5.45. The smallest absolute Gasteiger partial charge is 0.233 e. The van der Waals surface area contributed by atoms with Crippen LogP contribution in [-0.4, -0.2) is 58.1 Å². The zero-order valence-electron chi connectivity index (χ0n) is 26.0. The molecular weight excluding hydrogens is 508 g/mol. The third-order valence-corrected chi connectivity index (χ3v) is 8.87. The van der Waals surface area contributed by atoms with Crippen LogP contribution < -0.4 is 0 Å². The van der Waals surface area contributed by atoms with Gasteiger partial charge in [0.15, 0.2) is 0 Å². The van der Waals surface area contributed by atoms with Gasteiger partial charge in [-0.25, -0.2) is 0 Å². The fraction of sp³-hybridized carbons (Fsp3) is 0.812. The van der Waals surface area contributed by atoms with Gasteiger partial charge in [-0.2, -0.15) is 0 Å². The second-order valence-corrected chi connectivity index (χ2v) is 13.3. The fourth-order valence-corrected chi connectivity index (χ4v) is 5.95. The number of Topliss-reactive ketones (excluding diaryl/α,β-unsaturated/α-hetero) is 2. The van der Waals surface area contributed by atoms with E-state index in [1.165, 1.54) is 9.80 Å². The van der Waals surface area contributed by atoms with Crippen molar-refractivity contribution in [2.45, 2.75) is 107 Å². The predicted molar refractivity (Wildman–Crippen MR) is 154 cm³/mol. The van der Waals surface area contributed by atoms with Gasteiger partial charge in [0, 0.05) is 61.9 Å². The normalized spacial score (nSPS) is 25.5. The summed E-state index contributed by atoms with van der Waals surface area (Å²) < 4.78 is 0. The van der Waals surface area contributed by atoms with E-state index in [4.69, 9.17) is 0 Å². The van der Waals surface area contributed by atoms with Crippen LogP contribution >= 0.6 is 0 Å². The lowest BCUT2D eigenvalue weighted by atomic mass is 9.77. The van der Waals surface area contributed by atoms with Crippen molar-refractivity contribution in [1.29, 1.82) is 0 Å². The maximum absolute atomic E-state index is 12.3. The largest absolute Gasteiger partial charge is 0.299 e. The summed E-state index contributed by atoms with van der Waals surface area (Å²) in [5.41, 5.74) is 0. The highest BCUT2D eigenvalue weighted by atomic mass is 16.2. The first-order valence-corrected chi connectivity index (χ1v) is 15.4. The number of hydrogen-bond acceptors (Lipinski definition) is 6. The molecule has 8 nitrogen and oxygen atoms in total. The number of amides is 4. The Balaban J connectivity index is 0.000000286. The highest BCUT2D eigenvalue weighted by molar-refractivity contribution is 6.04. The monoisotopic (exact) mass is 560 g/mol. The molecule has 3 aliphatic rings. The van der Waals surface area contributed by atoms with Crippen molar-refractivity contribution < 1.29 is 28.8 Å². The summed E-state index contributed by atoms with van der Waals surface area (Å²) in [6.45, 7) is 16.5. The van der Waals surface area contributed by atoms with Crippen LogP contribution in [0.3, 0.4) is 0 Å². The van der Waals surface area contributed by atoms with E-state index >= 15 is 0 Å². The Bertz CT molecular complexity index is 945. The summed E-state index contributed by atoms with van der Waals surface area (Å²) in [7, 11) is 0. The number of hydrogen-bond donors (Lipinski definition) is 0. The van der Waals surface area contributed by atoms with Crippen LogP contribution in [0.4, 0.5) is 0 Å². The van der Waals surface area contributed by atoms with Gasteiger partial charge in [0.2, 0.25) is 23.6 Å². The lowest BCUT2D eigenvalue weighted by Gasteiger charge is -2.30. The van der Waals surface area contributed by atoms with E-state index in [2.05, 4.69) is 0 Å². The zero-order chi connectivity index (χ0) is 30.3. The molecule has 0 N–H and O–H groups in total. The summed E-state index contributed by atoms with van der Waals surface area (Å²) in [4.78, 5) is 74.5. The van der Waals surface area contributed by atoms with E-state index in [0.717, 1.165) is 25.7 Å². The van der Waals surface area contributed by atoms with Crippen LogP contribution in [0.15, 0.2) is 0 Å². The van der Waals surface area contributed by atoms with Crippen molar-refractivity contribution in [3.05, 3.63) is 0 Å². The van der Waals surface area contributed by atoms with Gasteiger partial charge in [-0.15, -0.1) is 0 Å². The molecule has 0 aromatic carbocycles. The molecule has 0 aromatic rings. The second-order valence-electron chi connectivity index (χ2n) is 13.3. The van der Waals surface area contributed by atoms with Crippen LogP contribution in [-0.2, 0) is 28.8 Å². The first kappa shape index (κ1) is 33.8. The number of carbonyl (C=O) groups excluding carboxylic acids is 6. The van der Waals surface area contributed by atoms with E-state index in [-0.39, 0.29) is 70.8 Å². The van der Waals surface area contributed by atoms with Gasteiger partial charge in [-0.05, 0) is 49.9 Å². The molecule has 1 aliphatic carbocycles. The molecule has 2 aliphatic heterocycles. The molecule has 0 radical (unpaired) electrons. The number of rotatable bonds is 11. The first-order chi connectivity index (χ1) is 18.6. The Hall–Kier alpha value is -2.38. The van der Waals surface area contributed by atoms with Crippen LogP contribution in [0.25, 0.3) is 0 Å². The summed E-state index contributed by atoms with van der Waals surface area (Å²) in [6, 6.07) is 0. The third kappa shape index (κ3) is 8.81. The van der Waals surface area contributed by atoms with E-state index in [1.54, 1.807) is 0 Å². The molecule has 2 atom stereocenters. The van der Waals surface area contributed by atoms with Crippen molar-refractivity contribution in [3.8, 4) is 0 Å². The minimum Gasteiger partial charge on any atom is -0.299 e. The molecule has 40 heavy (non-hydrogen) atoms.